The maximum atomic E-state index is 12.6. The Bertz CT molecular complexity index is 439. The number of ketones is 1. The predicted octanol–water partition coefficient (Wildman–Crippen LogP) is 2.24. The molecule has 0 spiro atoms. The van der Waals surface area contributed by atoms with Gasteiger partial charge < -0.3 is 0 Å². The van der Waals surface area contributed by atoms with Crippen molar-refractivity contribution in [3.8, 4) is 0 Å². The monoisotopic (exact) mass is 250 g/mol. The van der Waals surface area contributed by atoms with Crippen LogP contribution in [0.5, 0.6) is 0 Å². The second kappa shape index (κ2) is 3.80. The van der Waals surface area contributed by atoms with Gasteiger partial charge >= 0.3 is 6.18 Å². The Morgan fingerprint density at radius 2 is 2.19 bits per heavy atom. The van der Waals surface area contributed by atoms with Crippen LogP contribution in [0.1, 0.15) is 23.9 Å². The maximum absolute atomic E-state index is 12.6. The van der Waals surface area contributed by atoms with E-state index in [4.69, 9.17) is 0 Å². The van der Waals surface area contributed by atoms with Gasteiger partial charge in [0.2, 0.25) is 0 Å². The quantitative estimate of drug-likeness (QED) is 0.807. The molecule has 1 aliphatic rings. The summed E-state index contributed by atoms with van der Waals surface area (Å²) in [4.78, 5) is 10.9. The lowest BCUT2D eigenvalue weighted by Gasteiger charge is -2.04. The van der Waals surface area contributed by atoms with Crippen molar-refractivity contribution < 1.29 is 18.0 Å². The molecule has 0 bridgehead atoms. The van der Waals surface area contributed by atoms with E-state index >= 15 is 0 Å². The summed E-state index contributed by atoms with van der Waals surface area (Å²) in [6.07, 6.45) is -4.43. The van der Waals surface area contributed by atoms with Crippen molar-refractivity contribution in [1.82, 2.24) is 9.78 Å². The van der Waals surface area contributed by atoms with Crippen LogP contribution in [0.2, 0.25) is 0 Å². The second-order valence-corrected chi connectivity index (χ2v) is 4.61. The van der Waals surface area contributed by atoms with Gasteiger partial charge in [-0.05, 0) is 6.92 Å². The van der Waals surface area contributed by atoms with Crippen LogP contribution in [0, 0.1) is 0 Å². The Kier molecular flexibility index (Phi) is 2.73. The van der Waals surface area contributed by atoms with Crippen LogP contribution < -0.4 is 0 Å². The maximum Gasteiger partial charge on any atom is 0.435 e. The molecule has 0 amide bonds. The fraction of sp³-hybridized carbons (Fsp3) is 0.556. The first kappa shape index (κ1) is 11.5. The Labute approximate surface area is 94.0 Å². The van der Waals surface area contributed by atoms with E-state index in [1.54, 1.807) is 0 Å². The molecule has 1 aromatic heterocycles. The molecule has 2 heterocycles. The van der Waals surface area contributed by atoms with Crippen molar-refractivity contribution >= 4 is 17.5 Å². The van der Waals surface area contributed by atoms with Crippen LogP contribution in [-0.4, -0.2) is 15.6 Å². The molecular formula is C9H9F3N2OS. The van der Waals surface area contributed by atoms with Crippen molar-refractivity contribution in [3.05, 3.63) is 17.0 Å². The van der Waals surface area contributed by atoms with E-state index in [-0.39, 0.29) is 17.9 Å². The molecular weight excluding hydrogens is 241 g/mol. The zero-order chi connectivity index (χ0) is 11.9. The van der Waals surface area contributed by atoms with Crippen LogP contribution in [-0.2, 0) is 29.0 Å². The molecule has 88 valence electrons. The third kappa shape index (κ3) is 1.95. The lowest BCUT2D eigenvalue weighted by molar-refractivity contribution is -0.142. The number of fused-ring (bicyclic) bond motifs is 1. The van der Waals surface area contributed by atoms with Crippen molar-refractivity contribution in [2.75, 3.05) is 0 Å². The number of carbonyl (C=O) groups excluding carboxylic acids is 1. The van der Waals surface area contributed by atoms with Crippen molar-refractivity contribution in [2.24, 2.45) is 0 Å². The van der Waals surface area contributed by atoms with Gasteiger partial charge in [-0.25, -0.2) is 0 Å². The number of alkyl halides is 3. The molecule has 7 heteroatoms. The SMILES string of the molecule is CC(=O)Cn1nc(C(F)(F)F)c2c1CSC2. The van der Waals surface area contributed by atoms with Crippen LogP contribution in [0.15, 0.2) is 0 Å². The molecule has 2 rings (SSSR count). The van der Waals surface area contributed by atoms with Crippen molar-refractivity contribution in [3.63, 3.8) is 0 Å². The standard InChI is InChI=1S/C9H9F3N2OS/c1-5(15)2-14-7-4-16-3-6(7)8(13-14)9(10,11)12/h2-4H2,1H3. The zero-order valence-electron chi connectivity index (χ0n) is 8.47. The topological polar surface area (TPSA) is 34.9 Å². The Morgan fingerprint density at radius 1 is 1.50 bits per heavy atom. The highest BCUT2D eigenvalue weighted by molar-refractivity contribution is 7.98. The number of rotatable bonds is 2. The van der Waals surface area contributed by atoms with Gasteiger partial charge in [0, 0.05) is 17.1 Å². The van der Waals surface area contributed by atoms with E-state index in [1.165, 1.54) is 23.4 Å². The van der Waals surface area contributed by atoms with Gasteiger partial charge in [0.05, 0.1) is 12.2 Å². The summed E-state index contributed by atoms with van der Waals surface area (Å²) >= 11 is 1.41. The molecule has 0 unspecified atom stereocenters. The summed E-state index contributed by atoms with van der Waals surface area (Å²) in [5.74, 6) is 0.615. The Morgan fingerprint density at radius 3 is 2.75 bits per heavy atom. The molecule has 0 saturated heterocycles. The summed E-state index contributed by atoms with van der Waals surface area (Å²) in [5.41, 5.74) is -0.0694. The van der Waals surface area contributed by atoms with Gasteiger partial charge in [-0.1, -0.05) is 0 Å². The van der Waals surface area contributed by atoms with E-state index in [0.717, 1.165) is 0 Å². The average molecular weight is 250 g/mol. The van der Waals surface area contributed by atoms with Gasteiger partial charge in [-0.15, -0.1) is 0 Å². The van der Waals surface area contributed by atoms with E-state index in [9.17, 15) is 18.0 Å². The zero-order valence-corrected chi connectivity index (χ0v) is 9.28. The minimum Gasteiger partial charge on any atom is -0.298 e. The highest BCUT2D eigenvalue weighted by Gasteiger charge is 2.40. The first-order valence-electron chi connectivity index (χ1n) is 4.62. The summed E-state index contributed by atoms with van der Waals surface area (Å²) in [7, 11) is 0. The molecule has 0 radical (unpaired) electrons. The van der Waals surface area contributed by atoms with E-state index in [1.807, 2.05) is 0 Å². The highest BCUT2D eigenvalue weighted by atomic mass is 32.2. The summed E-state index contributed by atoms with van der Waals surface area (Å²) in [6, 6.07) is 0. The van der Waals surface area contributed by atoms with Gasteiger partial charge in [-0.3, -0.25) is 9.48 Å². The molecule has 3 nitrogen and oxygen atoms in total. The van der Waals surface area contributed by atoms with Gasteiger partial charge in [0.15, 0.2) is 11.5 Å². The van der Waals surface area contributed by atoms with Crippen molar-refractivity contribution in [1.29, 1.82) is 0 Å². The molecule has 0 saturated carbocycles. The third-order valence-corrected chi connectivity index (χ3v) is 3.26. The average Bonchev–Trinajstić information content (AvgIpc) is 2.65. The molecule has 0 atom stereocenters. The predicted molar refractivity (Wildman–Crippen MR) is 52.9 cm³/mol. The second-order valence-electron chi connectivity index (χ2n) is 3.62. The minimum absolute atomic E-state index is 0.0844. The van der Waals surface area contributed by atoms with Crippen LogP contribution in [0.3, 0.4) is 0 Å². The number of thioether (sulfide) groups is 1. The lowest BCUT2D eigenvalue weighted by atomic mass is 10.2. The molecule has 1 aromatic rings. The number of halogens is 3. The van der Waals surface area contributed by atoms with Crippen LogP contribution >= 0.6 is 11.8 Å². The Hall–Kier alpha value is -0.980. The summed E-state index contributed by atoms with van der Waals surface area (Å²) in [6.45, 7) is 1.25. The highest BCUT2D eigenvalue weighted by Crippen LogP contribution is 2.39. The fourth-order valence-electron chi connectivity index (χ4n) is 1.67. The number of carbonyl (C=O) groups is 1. The number of nitrogens with zero attached hydrogens (tertiary/aromatic N) is 2. The first-order chi connectivity index (χ1) is 7.39. The van der Waals surface area contributed by atoms with E-state index in [0.29, 0.717) is 17.2 Å². The number of Topliss-reactive ketones (excluding diaryl/α,β-unsaturated/α-hetero) is 1. The smallest absolute Gasteiger partial charge is 0.298 e. The number of hydrogen-bond donors (Lipinski definition) is 0. The van der Waals surface area contributed by atoms with Crippen molar-refractivity contribution in [2.45, 2.75) is 31.2 Å². The minimum atomic E-state index is -4.43. The number of hydrogen-bond acceptors (Lipinski definition) is 3. The molecule has 0 aliphatic carbocycles. The van der Waals surface area contributed by atoms with Gasteiger partial charge in [0.1, 0.15) is 0 Å². The van der Waals surface area contributed by atoms with E-state index in [2.05, 4.69) is 5.10 Å². The summed E-state index contributed by atoms with van der Waals surface area (Å²) < 4.78 is 39.1. The first-order valence-corrected chi connectivity index (χ1v) is 5.78. The summed E-state index contributed by atoms with van der Waals surface area (Å²) in [5, 5.41) is 3.50. The molecule has 0 N–H and O–H groups in total. The normalized spacial score (nSPS) is 15.2. The Balaban J connectivity index is 2.45. The molecule has 16 heavy (non-hydrogen) atoms. The fourth-order valence-corrected chi connectivity index (χ4v) is 2.79. The van der Waals surface area contributed by atoms with Crippen LogP contribution in [0.4, 0.5) is 13.2 Å². The van der Waals surface area contributed by atoms with Crippen LogP contribution in [0.25, 0.3) is 0 Å². The molecule has 0 aromatic carbocycles. The van der Waals surface area contributed by atoms with Gasteiger partial charge in [0.25, 0.3) is 0 Å². The number of aromatic nitrogens is 2. The molecule has 1 aliphatic heterocycles. The third-order valence-electron chi connectivity index (χ3n) is 2.29. The largest absolute Gasteiger partial charge is 0.435 e. The van der Waals surface area contributed by atoms with Gasteiger partial charge in [-0.2, -0.15) is 30.0 Å². The molecule has 0 fully saturated rings. The van der Waals surface area contributed by atoms with E-state index < -0.39 is 11.9 Å². The lowest BCUT2D eigenvalue weighted by Crippen LogP contribution is -2.13.